The van der Waals surface area contributed by atoms with Gasteiger partial charge in [0.2, 0.25) is 0 Å². The Bertz CT molecular complexity index is 1320. The number of ether oxygens (including phenoxy) is 2. The fourth-order valence-electron chi connectivity index (χ4n) is 2.93. The fourth-order valence-corrected chi connectivity index (χ4v) is 3.69. The predicted molar refractivity (Wildman–Crippen MR) is 112 cm³/mol. The van der Waals surface area contributed by atoms with Crippen LogP contribution in [0.3, 0.4) is 0 Å². The van der Waals surface area contributed by atoms with E-state index in [4.69, 9.17) is 4.74 Å². The van der Waals surface area contributed by atoms with Crippen molar-refractivity contribution in [1.82, 2.24) is 19.3 Å². The summed E-state index contributed by atoms with van der Waals surface area (Å²) in [6, 6.07) is 9.92. The quantitative estimate of drug-likeness (QED) is 0.410. The first-order chi connectivity index (χ1) is 15.4. The first-order valence-electron chi connectivity index (χ1n) is 9.28. The van der Waals surface area contributed by atoms with Gasteiger partial charge in [-0.3, -0.25) is 4.57 Å². The molecule has 32 heavy (non-hydrogen) atoms. The number of esters is 1. The molecule has 0 unspecified atom stereocenters. The second kappa shape index (κ2) is 8.71. The van der Waals surface area contributed by atoms with Crippen molar-refractivity contribution in [3.8, 4) is 16.6 Å². The Kier molecular flexibility index (Phi) is 5.82. The molecule has 0 aliphatic rings. The van der Waals surface area contributed by atoms with Gasteiger partial charge in [0, 0.05) is 10.4 Å². The van der Waals surface area contributed by atoms with Crippen LogP contribution in [0.5, 0.6) is 10.9 Å². The van der Waals surface area contributed by atoms with Crippen molar-refractivity contribution in [2.24, 2.45) is 0 Å². The highest BCUT2D eigenvalue weighted by molar-refractivity contribution is 7.13. The van der Waals surface area contributed by atoms with Crippen molar-refractivity contribution >= 4 is 17.3 Å². The van der Waals surface area contributed by atoms with Gasteiger partial charge in [0.25, 0.3) is 5.19 Å². The van der Waals surface area contributed by atoms with Gasteiger partial charge in [0.05, 0.1) is 19.3 Å². The molecule has 11 heteroatoms. The lowest BCUT2D eigenvalue weighted by Gasteiger charge is -2.05. The Morgan fingerprint density at radius 2 is 1.81 bits per heavy atom. The van der Waals surface area contributed by atoms with Gasteiger partial charge in [-0.1, -0.05) is 17.4 Å². The van der Waals surface area contributed by atoms with Gasteiger partial charge in [-0.2, -0.15) is 14.8 Å². The molecule has 0 aliphatic carbocycles. The van der Waals surface area contributed by atoms with Gasteiger partial charge in [-0.05, 0) is 43.3 Å². The molecule has 8 nitrogen and oxygen atoms in total. The van der Waals surface area contributed by atoms with E-state index in [-0.39, 0.29) is 23.0 Å². The molecule has 0 atom stereocenters. The molecule has 0 amide bonds. The summed E-state index contributed by atoms with van der Waals surface area (Å²) in [5, 5.41) is 4.29. The second-order valence-corrected chi connectivity index (χ2v) is 7.79. The predicted octanol–water partition coefficient (Wildman–Crippen LogP) is 3.70. The first-order valence-corrected chi connectivity index (χ1v) is 10.1. The average molecular weight is 458 g/mol. The summed E-state index contributed by atoms with van der Waals surface area (Å²) in [5.41, 5.74) is -0.157. The van der Waals surface area contributed by atoms with Crippen molar-refractivity contribution in [2.75, 3.05) is 7.11 Å². The first kappa shape index (κ1) is 21.4. The van der Waals surface area contributed by atoms with Crippen LogP contribution in [0.4, 0.5) is 8.78 Å². The molecule has 4 rings (SSSR count). The Morgan fingerprint density at radius 1 is 1.12 bits per heavy atom. The van der Waals surface area contributed by atoms with Gasteiger partial charge in [0.1, 0.15) is 23.7 Å². The number of thiazole rings is 1. The summed E-state index contributed by atoms with van der Waals surface area (Å²) in [6.07, 6.45) is 1.21. The number of carbonyl (C=O) groups excluding carboxylic acids is 1. The summed E-state index contributed by atoms with van der Waals surface area (Å²) in [6.45, 7) is 1.44. The molecule has 0 N–H and O–H groups in total. The topological polar surface area (TPSA) is 88.2 Å². The van der Waals surface area contributed by atoms with E-state index in [0.717, 1.165) is 21.4 Å². The molecule has 0 fully saturated rings. The van der Waals surface area contributed by atoms with E-state index in [1.54, 1.807) is 31.2 Å². The molecule has 2 heterocycles. The third-order valence-electron chi connectivity index (χ3n) is 4.57. The summed E-state index contributed by atoms with van der Waals surface area (Å²) < 4.78 is 40.3. The zero-order valence-electron chi connectivity index (χ0n) is 16.9. The van der Waals surface area contributed by atoms with E-state index < -0.39 is 23.3 Å². The van der Waals surface area contributed by atoms with Crippen molar-refractivity contribution in [1.29, 1.82) is 0 Å². The number of aryl methyl sites for hydroxylation is 1. The molecule has 0 saturated heterocycles. The Morgan fingerprint density at radius 3 is 2.47 bits per heavy atom. The minimum Gasteiger partial charge on any atom is -0.464 e. The smallest absolute Gasteiger partial charge is 0.357 e. The van der Waals surface area contributed by atoms with Crippen LogP contribution < -0.4 is 10.4 Å². The standard InChI is InChI=1S/C21H16F2N4O4S/c1-12-18(19(28)30-2)25-20(32-12)31-14-8-6-13(7-9-14)27-21(29)26(11-24-27)10-15-16(22)4-3-5-17(15)23/h3-9,11H,10H2,1-2H3. The average Bonchev–Trinajstić information content (AvgIpc) is 3.33. The van der Waals surface area contributed by atoms with Gasteiger partial charge in [0.15, 0.2) is 5.69 Å². The zero-order valence-corrected chi connectivity index (χ0v) is 17.7. The molecular weight excluding hydrogens is 442 g/mol. The number of methoxy groups -OCH3 is 1. The van der Waals surface area contributed by atoms with Gasteiger partial charge < -0.3 is 9.47 Å². The molecule has 2 aromatic heterocycles. The van der Waals surface area contributed by atoms with E-state index in [1.165, 1.54) is 30.8 Å². The number of aromatic nitrogens is 4. The van der Waals surface area contributed by atoms with Gasteiger partial charge >= 0.3 is 11.7 Å². The summed E-state index contributed by atoms with van der Waals surface area (Å²) in [4.78, 5) is 29.1. The highest BCUT2D eigenvalue weighted by Crippen LogP contribution is 2.29. The number of benzene rings is 2. The maximum atomic E-state index is 13.9. The van der Waals surface area contributed by atoms with Crippen LogP contribution in [0.2, 0.25) is 0 Å². The maximum Gasteiger partial charge on any atom is 0.357 e. The molecule has 164 valence electrons. The summed E-state index contributed by atoms with van der Waals surface area (Å²) in [7, 11) is 1.27. The third-order valence-corrected chi connectivity index (χ3v) is 5.41. The minimum absolute atomic E-state index is 0.188. The van der Waals surface area contributed by atoms with E-state index in [1.807, 2.05) is 0 Å². The Hall–Kier alpha value is -3.86. The van der Waals surface area contributed by atoms with Crippen molar-refractivity contribution in [3.05, 3.63) is 87.0 Å². The molecule has 4 aromatic rings. The SMILES string of the molecule is COC(=O)c1nc(Oc2ccc(-n3ncn(Cc4c(F)cccc4F)c3=O)cc2)sc1C. The van der Waals surface area contributed by atoms with Crippen LogP contribution in [0.15, 0.2) is 53.6 Å². The number of nitrogens with zero attached hydrogens (tertiary/aromatic N) is 4. The zero-order chi connectivity index (χ0) is 22.8. The van der Waals surface area contributed by atoms with Crippen LogP contribution in [-0.2, 0) is 11.3 Å². The van der Waals surface area contributed by atoms with Crippen LogP contribution in [0.1, 0.15) is 20.9 Å². The summed E-state index contributed by atoms with van der Waals surface area (Å²) in [5.74, 6) is -1.59. The molecular formula is C21H16F2N4O4S. The summed E-state index contributed by atoms with van der Waals surface area (Å²) >= 11 is 1.20. The van der Waals surface area contributed by atoms with Crippen molar-refractivity contribution in [3.63, 3.8) is 0 Å². The highest BCUT2D eigenvalue weighted by atomic mass is 32.1. The van der Waals surface area contributed by atoms with Crippen molar-refractivity contribution < 1.29 is 23.0 Å². The molecule has 2 aromatic carbocycles. The molecule has 0 aliphatic heterocycles. The number of hydrogen-bond acceptors (Lipinski definition) is 7. The number of rotatable bonds is 6. The van der Waals surface area contributed by atoms with Crippen LogP contribution in [-0.4, -0.2) is 32.4 Å². The van der Waals surface area contributed by atoms with Gasteiger partial charge in [-0.15, -0.1) is 0 Å². The van der Waals surface area contributed by atoms with E-state index in [9.17, 15) is 18.4 Å². The number of carbonyl (C=O) groups is 1. The van der Waals surface area contributed by atoms with E-state index >= 15 is 0 Å². The largest absolute Gasteiger partial charge is 0.464 e. The van der Waals surface area contributed by atoms with E-state index in [0.29, 0.717) is 16.3 Å². The van der Waals surface area contributed by atoms with Gasteiger partial charge in [-0.25, -0.2) is 18.4 Å². The van der Waals surface area contributed by atoms with Crippen LogP contribution in [0, 0.1) is 18.6 Å². The maximum absolute atomic E-state index is 13.9. The molecule has 0 radical (unpaired) electrons. The lowest BCUT2D eigenvalue weighted by atomic mass is 10.2. The fraction of sp³-hybridized carbons (Fsp3) is 0.143. The molecule has 0 bridgehead atoms. The third kappa shape index (κ3) is 4.14. The lowest BCUT2D eigenvalue weighted by molar-refractivity contribution is 0.0593. The Labute approximate surface area is 184 Å². The normalized spacial score (nSPS) is 10.9. The molecule has 0 saturated carbocycles. The molecule has 0 spiro atoms. The van der Waals surface area contributed by atoms with E-state index in [2.05, 4.69) is 14.8 Å². The highest BCUT2D eigenvalue weighted by Gasteiger charge is 2.17. The lowest BCUT2D eigenvalue weighted by Crippen LogP contribution is -2.24. The Balaban J connectivity index is 1.53. The van der Waals surface area contributed by atoms with Crippen LogP contribution >= 0.6 is 11.3 Å². The van der Waals surface area contributed by atoms with Crippen molar-refractivity contribution in [2.45, 2.75) is 13.5 Å². The second-order valence-electron chi connectivity index (χ2n) is 6.63. The number of halogens is 2. The minimum atomic E-state index is -0.737. The van der Waals surface area contributed by atoms with Crippen LogP contribution in [0.25, 0.3) is 5.69 Å². The monoisotopic (exact) mass is 458 g/mol. The number of hydrogen-bond donors (Lipinski definition) is 0.